The van der Waals surface area contributed by atoms with Crippen molar-refractivity contribution in [1.29, 1.82) is 0 Å². The summed E-state index contributed by atoms with van der Waals surface area (Å²) in [6, 6.07) is 12.5. The molecule has 6 heteroatoms. The van der Waals surface area contributed by atoms with Crippen LogP contribution in [0.1, 0.15) is 56.2 Å². The van der Waals surface area contributed by atoms with Crippen LogP contribution in [0.5, 0.6) is 11.5 Å². The van der Waals surface area contributed by atoms with Gasteiger partial charge in [-0.05, 0) is 61.7 Å². The molecule has 2 N–H and O–H groups in total. The first-order valence-corrected chi connectivity index (χ1v) is 10.8. The highest BCUT2D eigenvalue weighted by Crippen LogP contribution is 2.43. The third-order valence-electron chi connectivity index (χ3n) is 6.07. The Bertz CT molecular complexity index is 1000. The van der Waals surface area contributed by atoms with Crippen LogP contribution in [0.15, 0.2) is 54.1 Å². The molecule has 1 saturated heterocycles. The number of likely N-dealkylation sites (tertiary alicyclic amines) is 1. The van der Waals surface area contributed by atoms with Gasteiger partial charge >= 0.3 is 0 Å². The lowest BCUT2D eigenvalue weighted by Gasteiger charge is -2.35. The average molecular weight is 421 g/mol. The largest absolute Gasteiger partial charge is 0.508 e. The average Bonchev–Trinajstić information content (AvgIpc) is 3.05. The van der Waals surface area contributed by atoms with E-state index in [4.69, 9.17) is 4.74 Å². The zero-order chi connectivity index (χ0) is 22.0. The Morgan fingerprint density at radius 1 is 1.06 bits per heavy atom. The Hall–Kier alpha value is -3.28. The highest BCUT2D eigenvalue weighted by molar-refractivity contribution is 6.46. The van der Waals surface area contributed by atoms with Crippen molar-refractivity contribution in [3.63, 3.8) is 0 Å². The molecular weight excluding hydrogens is 394 g/mol. The number of carbonyl (C=O) groups is 2. The van der Waals surface area contributed by atoms with Gasteiger partial charge in [0.2, 0.25) is 0 Å². The van der Waals surface area contributed by atoms with E-state index in [1.165, 1.54) is 0 Å². The minimum absolute atomic E-state index is 0.0489. The Balaban J connectivity index is 1.82. The maximum atomic E-state index is 13.1. The summed E-state index contributed by atoms with van der Waals surface area (Å²) in [6.07, 6.45) is 4.76. The Kier molecular flexibility index (Phi) is 5.98. The molecule has 6 nitrogen and oxygen atoms in total. The maximum Gasteiger partial charge on any atom is 0.295 e. The molecule has 1 heterocycles. The van der Waals surface area contributed by atoms with Crippen LogP contribution in [0.25, 0.3) is 5.76 Å². The predicted octanol–water partition coefficient (Wildman–Crippen LogP) is 4.55. The molecule has 31 heavy (non-hydrogen) atoms. The number of Topliss-reactive ketones (excluding diaryl/α,β-unsaturated/α-hetero) is 1. The SMILES string of the molecule is CCOc1ccc(/C(O)=C2/C(=O)C(=O)N(C3CCCCC3)C2c2cccc(O)c2)cc1. The molecule has 0 radical (unpaired) electrons. The fourth-order valence-electron chi connectivity index (χ4n) is 4.64. The van der Waals surface area contributed by atoms with Gasteiger partial charge in [0.25, 0.3) is 11.7 Å². The van der Waals surface area contributed by atoms with Crippen molar-refractivity contribution in [3.8, 4) is 11.5 Å². The van der Waals surface area contributed by atoms with Gasteiger partial charge in [-0.2, -0.15) is 0 Å². The highest BCUT2D eigenvalue weighted by Gasteiger charge is 2.48. The van der Waals surface area contributed by atoms with Crippen molar-refractivity contribution in [2.75, 3.05) is 6.61 Å². The minimum Gasteiger partial charge on any atom is -0.508 e. The normalized spacial score (nSPS) is 21.5. The van der Waals surface area contributed by atoms with Gasteiger partial charge < -0.3 is 19.8 Å². The van der Waals surface area contributed by atoms with Crippen molar-refractivity contribution in [2.24, 2.45) is 0 Å². The van der Waals surface area contributed by atoms with E-state index in [2.05, 4.69) is 0 Å². The fraction of sp³-hybridized carbons (Fsp3) is 0.360. The number of aliphatic hydroxyl groups excluding tert-OH is 1. The molecule has 1 aliphatic heterocycles. The molecule has 1 atom stereocenters. The third-order valence-corrected chi connectivity index (χ3v) is 6.07. The van der Waals surface area contributed by atoms with Gasteiger partial charge in [-0.15, -0.1) is 0 Å². The molecule has 162 valence electrons. The first-order chi connectivity index (χ1) is 15.0. The van der Waals surface area contributed by atoms with Crippen molar-refractivity contribution < 1.29 is 24.5 Å². The second-order valence-electron chi connectivity index (χ2n) is 8.05. The number of hydrogen-bond acceptors (Lipinski definition) is 5. The summed E-state index contributed by atoms with van der Waals surface area (Å²) in [4.78, 5) is 27.8. The zero-order valence-corrected chi connectivity index (χ0v) is 17.6. The van der Waals surface area contributed by atoms with Crippen LogP contribution < -0.4 is 4.74 Å². The Morgan fingerprint density at radius 2 is 1.77 bits per heavy atom. The van der Waals surface area contributed by atoms with Crippen LogP contribution in [0.4, 0.5) is 0 Å². The van der Waals surface area contributed by atoms with Crippen LogP contribution in [-0.2, 0) is 9.59 Å². The molecule has 0 aromatic heterocycles. The number of hydrogen-bond donors (Lipinski definition) is 2. The second kappa shape index (κ2) is 8.84. The number of benzene rings is 2. The molecule has 4 rings (SSSR count). The molecule has 2 aromatic carbocycles. The number of rotatable bonds is 5. The quantitative estimate of drug-likeness (QED) is 0.420. The number of carbonyl (C=O) groups excluding carboxylic acids is 2. The lowest BCUT2D eigenvalue weighted by atomic mass is 9.91. The summed E-state index contributed by atoms with van der Waals surface area (Å²) in [7, 11) is 0. The first-order valence-electron chi connectivity index (χ1n) is 10.8. The highest BCUT2D eigenvalue weighted by atomic mass is 16.5. The van der Waals surface area contributed by atoms with Gasteiger partial charge in [-0.1, -0.05) is 31.4 Å². The minimum atomic E-state index is -0.734. The van der Waals surface area contributed by atoms with E-state index in [0.717, 1.165) is 32.1 Å². The van der Waals surface area contributed by atoms with Crippen molar-refractivity contribution in [1.82, 2.24) is 4.90 Å². The van der Waals surface area contributed by atoms with E-state index in [1.54, 1.807) is 53.4 Å². The smallest absolute Gasteiger partial charge is 0.295 e. The summed E-state index contributed by atoms with van der Waals surface area (Å²) in [5.41, 5.74) is 1.11. The number of phenolic OH excluding ortho intramolecular Hbond substituents is 1. The van der Waals surface area contributed by atoms with E-state index in [-0.39, 0.29) is 23.1 Å². The van der Waals surface area contributed by atoms with Gasteiger partial charge in [-0.25, -0.2) is 0 Å². The van der Waals surface area contributed by atoms with Crippen molar-refractivity contribution >= 4 is 17.4 Å². The second-order valence-corrected chi connectivity index (χ2v) is 8.05. The van der Waals surface area contributed by atoms with E-state index < -0.39 is 17.7 Å². The van der Waals surface area contributed by atoms with Gasteiger partial charge in [0.05, 0.1) is 18.2 Å². The summed E-state index contributed by atoms with van der Waals surface area (Å²) in [6.45, 7) is 2.41. The number of aromatic hydroxyl groups is 1. The maximum absolute atomic E-state index is 13.1. The van der Waals surface area contributed by atoms with Crippen LogP contribution in [-0.4, -0.2) is 39.5 Å². The molecule has 2 aromatic rings. The lowest BCUT2D eigenvalue weighted by Crippen LogP contribution is -2.40. The molecular formula is C25H27NO5. The van der Waals surface area contributed by atoms with E-state index in [1.807, 2.05) is 6.92 Å². The molecule has 1 aliphatic carbocycles. The number of ketones is 1. The predicted molar refractivity (Wildman–Crippen MR) is 117 cm³/mol. The molecule has 2 aliphatic rings. The van der Waals surface area contributed by atoms with Crippen molar-refractivity contribution in [3.05, 3.63) is 65.2 Å². The standard InChI is InChI=1S/C25H27NO5/c1-2-31-20-13-11-16(12-14-20)23(28)21-22(17-7-6-10-19(27)15-17)26(25(30)24(21)29)18-8-4-3-5-9-18/h6-7,10-15,18,22,27-28H,2-5,8-9H2,1H3/b23-21-. The summed E-state index contributed by atoms with van der Waals surface area (Å²) < 4.78 is 5.45. The molecule has 0 bridgehead atoms. The summed E-state index contributed by atoms with van der Waals surface area (Å²) in [5.74, 6) is -0.787. The number of amides is 1. The molecule has 1 saturated carbocycles. The molecule has 1 unspecified atom stereocenters. The number of aliphatic hydroxyl groups is 1. The van der Waals surface area contributed by atoms with Crippen LogP contribution >= 0.6 is 0 Å². The monoisotopic (exact) mass is 421 g/mol. The van der Waals surface area contributed by atoms with Gasteiger partial charge in [0, 0.05) is 11.6 Å². The molecule has 1 amide bonds. The van der Waals surface area contributed by atoms with Gasteiger partial charge in [0.1, 0.15) is 17.3 Å². The zero-order valence-electron chi connectivity index (χ0n) is 17.6. The van der Waals surface area contributed by atoms with Crippen LogP contribution in [0.2, 0.25) is 0 Å². The number of phenols is 1. The van der Waals surface area contributed by atoms with E-state index >= 15 is 0 Å². The Labute approximate surface area is 181 Å². The van der Waals surface area contributed by atoms with Gasteiger partial charge in [0.15, 0.2) is 0 Å². The molecule has 0 spiro atoms. The first kappa shape index (κ1) is 21.0. The lowest BCUT2D eigenvalue weighted by molar-refractivity contribution is -0.141. The Morgan fingerprint density at radius 3 is 2.42 bits per heavy atom. The number of nitrogens with zero attached hydrogens (tertiary/aromatic N) is 1. The topological polar surface area (TPSA) is 87.1 Å². The molecule has 2 fully saturated rings. The van der Waals surface area contributed by atoms with E-state index in [0.29, 0.717) is 23.5 Å². The summed E-state index contributed by atoms with van der Waals surface area (Å²) >= 11 is 0. The van der Waals surface area contributed by atoms with Crippen molar-refractivity contribution in [2.45, 2.75) is 51.1 Å². The van der Waals surface area contributed by atoms with Gasteiger partial charge in [-0.3, -0.25) is 9.59 Å². The van der Waals surface area contributed by atoms with Crippen LogP contribution in [0, 0.1) is 0 Å². The fourth-order valence-corrected chi connectivity index (χ4v) is 4.64. The summed E-state index contributed by atoms with van der Waals surface area (Å²) in [5, 5.41) is 21.2. The van der Waals surface area contributed by atoms with E-state index in [9.17, 15) is 19.8 Å². The third kappa shape index (κ3) is 4.02. The number of ether oxygens (including phenoxy) is 1. The van der Waals surface area contributed by atoms with Crippen LogP contribution in [0.3, 0.4) is 0 Å².